The molecule has 1 aromatic rings. The quantitative estimate of drug-likeness (QED) is 0.837. The molecule has 1 atom stereocenters. The minimum Gasteiger partial charge on any atom is -0.355 e. The molecule has 18 heavy (non-hydrogen) atoms. The maximum Gasteiger partial charge on any atom is 0.234 e. The van der Waals surface area contributed by atoms with Crippen LogP contribution in [0.25, 0.3) is 0 Å². The Morgan fingerprint density at radius 2 is 2.28 bits per heavy atom. The van der Waals surface area contributed by atoms with Gasteiger partial charge >= 0.3 is 0 Å². The fourth-order valence-corrected chi connectivity index (χ4v) is 2.23. The number of aromatic nitrogens is 2. The van der Waals surface area contributed by atoms with E-state index >= 15 is 0 Å². The molecule has 0 radical (unpaired) electrons. The first kappa shape index (κ1) is 13.0. The molecule has 1 saturated heterocycles. The van der Waals surface area contributed by atoms with Crippen LogP contribution in [0.15, 0.2) is 18.5 Å². The first-order valence-corrected chi connectivity index (χ1v) is 6.55. The largest absolute Gasteiger partial charge is 0.355 e. The predicted octanol–water partition coefficient (Wildman–Crippen LogP) is 0.792. The van der Waals surface area contributed by atoms with Crippen LogP contribution in [0.1, 0.15) is 31.5 Å². The molecule has 1 aliphatic rings. The summed E-state index contributed by atoms with van der Waals surface area (Å²) in [7, 11) is 0. The Hall–Kier alpha value is -1.49. The second-order valence-electron chi connectivity index (χ2n) is 4.68. The third kappa shape index (κ3) is 3.50. The number of hydrogen-bond donors (Lipinski definition) is 1. The van der Waals surface area contributed by atoms with E-state index in [1.165, 1.54) is 0 Å². The minimum atomic E-state index is 0.117. The summed E-state index contributed by atoms with van der Waals surface area (Å²) < 4.78 is 0. The average Bonchev–Trinajstić information content (AvgIpc) is 2.86. The molecule has 0 unspecified atom stereocenters. The molecule has 2 heterocycles. The Bertz CT molecular complexity index is 382. The van der Waals surface area contributed by atoms with Gasteiger partial charge in [-0.2, -0.15) is 0 Å². The Morgan fingerprint density at radius 3 is 3.00 bits per heavy atom. The van der Waals surface area contributed by atoms with E-state index in [1.54, 1.807) is 12.4 Å². The number of amides is 1. The van der Waals surface area contributed by atoms with Crippen LogP contribution >= 0.6 is 0 Å². The van der Waals surface area contributed by atoms with Crippen LogP contribution in [-0.2, 0) is 4.79 Å². The maximum absolute atomic E-state index is 11.6. The molecule has 5 heteroatoms. The van der Waals surface area contributed by atoms with Gasteiger partial charge in [0, 0.05) is 31.4 Å². The highest BCUT2D eigenvalue weighted by molar-refractivity contribution is 5.78. The van der Waals surface area contributed by atoms with Crippen molar-refractivity contribution in [2.75, 3.05) is 26.2 Å². The zero-order valence-corrected chi connectivity index (χ0v) is 10.8. The number of nitrogens with zero attached hydrogens (tertiary/aromatic N) is 3. The molecule has 0 spiro atoms. The van der Waals surface area contributed by atoms with Gasteiger partial charge in [-0.15, -0.1) is 0 Å². The van der Waals surface area contributed by atoms with Gasteiger partial charge < -0.3 is 5.32 Å². The van der Waals surface area contributed by atoms with Crippen molar-refractivity contribution in [2.24, 2.45) is 0 Å². The Morgan fingerprint density at radius 1 is 1.50 bits per heavy atom. The van der Waals surface area contributed by atoms with E-state index in [2.05, 4.69) is 27.1 Å². The Balaban J connectivity index is 1.80. The van der Waals surface area contributed by atoms with Crippen molar-refractivity contribution in [3.05, 3.63) is 24.3 Å². The summed E-state index contributed by atoms with van der Waals surface area (Å²) in [4.78, 5) is 22.4. The summed E-state index contributed by atoms with van der Waals surface area (Å²) in [5.74, 6) is 1.38. The lowest BCUT2D eigenvalue weighted by Crippen LogP contribution is -2.36. The fourth-order valence-electron chi connectivity index (χ4n) is 2.23. The molecule has 5 nitrogen and oxygen atoms in total. The van der Waals surface area contributed by atoms with E-state index in [1.807, 2.05) is 6.07 Å². The second kappa shape index (κ2) is 6.44. The van der Waals surface area contributed by atoms with Crippen LogP contribution in [0.4, 0.5) is 0 Å². The number of carbonyl (C=O) groups excluding carboxylic acids is 1. The molecule has 0 saturated carbocycles. The van der Waals surface area contributed by atoms with Crippen LogP contribution in [-0.4, -0.2) is 47.0 Å². The van der Waals surface area contributed by atoms with E-state index in [4.69, 9.17) is 0 Å². The van der Waals surface area contributed by atoms with E-state index in [-0.39, 0.29) is 5.91 Å². The monoisotopic (exact) mass is 248 g/mol. The zero-order chi connectivity index (χ0) is 12.8. The van der Waals surface area contributed by atoms with Gasteiger partial charge in [0.05, 0.1) is 6.54 Å². The van der Waals surface area contributed by atoms with Crippen LogP contribution in [0.2, 0.25) is 0 Å². The first-order chi connectivity index (χ1) is 8.79. The van der Waals surface area contributed by atoms with Gasteiger partial charge in [-0.1, -0.05) is 6.92 Å². The van der Waals surface area contributed by atoms with Crippen molar-refractivity contribution in [2.45, 2.75) is 25.7 Å². The third-order valence-electron chi connectivity index (χ3n) is 3.16. The Labute approximate surface area is 108 Å². The highest BCUT2D eigenvalue weighted by atomic mass is 16.2. The summed E-state index contributed by atoms with van der Waals surface area (Å²) in [6.07, 6.45) is 5.56. The van der Waals surface area contributed by atoms with Gasteiger partial charge in [0.2, 0.25) is 5.91 Å². The number of likely N-dealkylation sites (tertiary alicyclic amines) is 1. The van der Waals surface area contributed by atoms with Gasteiger partial charge in [-0.05, 0) is 25.5 Å². The van der Waals surface area contributed by atoms with Crippen molar-refractivity contribution in [3.8, 4) is 0 Å². The van der Waals surface area contributed by atoms with Gasteiger partial charge in [0.25, 0.3) is 0 Å². The van der Waals surface area contributed by atoms with Crippen LogP contribution < -0.4 is 5.32 Å². The number of carbonyl (C=O) groups is 1. The van der Waals surface area contributed by atoms with Crippen molar-refractivity contribution in [1.29, 1.82) is 0 Å². The predicted molar refractivity (Wildman–Crippen MR) is 69.1 cm³/mol. The lowest BCUT2D eigenvalue weighted by molar-refractivity contribution is -0.122. The number of hydrogen-bond acceptors (Lipinski definition) is 4. The summed E-state index contributed by atoms with van der Waals surface area (Å²) in [5, 5.41) is 2.90. The number of rotatable bonds is 5. The molecule has 0 aliphatic carbocycles. The highest BCUT2D eigenvalue weighted by Gasteiger charge is 2.26. The van der Waals surface area contributed by atoms with Crippen molar-refractivity contribution in [3.63, 3.8) is 0 Å². The Kier molecular flexibility index (Phi) is 4.64. The highest BCUT2D eigenvalue weighted by Crippen LogP contribution is 2.23. The summed E-state index contributed by atoms with van der Waals surface area (Å²) in [6.45, 7) is 5.13. The third-order valence-corrected chi connectivity index (χ3v) is 3.16. The molecule has 0 bridgehead atoms. The van der Waals surface area contributed by atoms with Gasteiger partial charge in [0.15, 0.2) is 0 Å². The number of nitrogens with one attached hydrogen (secondary N) is 1. The van der Waals surface area contributed by atoms with Gasteiger partial charge in [-0.3, -0.25) is 9.69 Å². The molecule has 1 amide bonds. The molecular formula is C13H20N4O. The maximum atomic E-state index is 11.6. The van der Waals surface area contributed by atoms with Crippen LogP contribution in [0.3, 0.4) is 0 Å². The molecule has 1 N–H and O–H groups in total. The van der Waals surface area contributed by atoms with E-state index in [0.717, 1.165) is 38.3 Å². The molecule has 0 aromatic carbocycles. The summed E-state index contributed by atoms with van der Waals surface area (Å²) >= 11 is 0. The molecular weight excluding hydrogens is 228 g/mol. The molecule has 1 aromatic heterocycles. The first-order valence-electron chi connectivity index (χ1n) is 6.55. The van der Waals surface area contributed by atoms with E-state index in [9.17, 15) is 4.79 Å². The van der Waals surface area contributed by atoms with Crippen molar-refractivity contribution < 1.29 is 4.79 Å². The fraction of sp³-hybridized carbons (Fsp3) is 0.615. The van der Waals surface area contributed by atoms with Crippen molar-refractivity contribution >= 4 is 5.91 Å². The van der Waals surface area contributed by atoms with Crippen LogP contribution in [0.5, 0.6) is 0 Å². The average molecular weight is 248 g/mol. The molecule has 98 valence electrons. The van der Waals surface area contributed by atoms with Gasteiger partial charge in [-0.25, -0.2) is 9.97 Å². The van der Waals surface area contributed by atoms with E-state index < -0.39 is 0 Å². The molecule has 1 fully saturated rings. The molecule has 2 rings (SSSR count). The smallest absolute Gasteiger partial charge is 0.234 e. The normalized spacial score (nSPS) is 19.9. The second-order valence-corrected chi connectivity index (χ2v) is 4.68. The summed E-state index contributed by atoms with van der Waals surface area (Å²) in [6, 6.07) is 1.83. The molecule has 1 aliphatic heterocycles. The standard InChI is InChI=1S/C13H20N4O/c1-2-5-14-12(18)10-17-8-4-11(9-17)13-15-6-3-7-16-13/h3,6-7,11H,2,4-5,8-10H2,1H3,(H,14,18)/t11-/m0/s1. The SMILES string of the molecule is CCCNC(=O)CN1CC[C@H](c2ncccn2)C1. The minimum absolute atomic E-state index is 0.117. The van der Waals surface area contributed by atoms with Crippen LogP contribution in [0, 0.1) is 0 Å². The zero-order valence-electron chi connectivity index (χ0n) is 10.8. The topological polar surface area (TPSA) is 58.1 Å². The lowest BCUT2D eigenvalue weighted by atomic mass is 10.1. The van der Waals surface area contributed by atoms with Crippen molar-refractivity contribution in [1.82, 2.24) is 20.2 Å². The lowest BCUT2D eigenvalue weighted by Gasteiger charge is -2.15. The van der Waals surface area contributed by atoms with E-state index in [0.29, 0.717) is 12.5 Å². The van der Waals surface area contributed by atoms with Gasteiger partial charge in [0.1, 0.15) is 5.82 Å². The summed E-state index contributed by atoms with van der Waals surface area (Å²) in [5.41, 5.74) is 0.